The third kappa shape index (κ3) is 2.99. The number of nitrogens with one attached hydrogen (secondary N) is 1. The van der Waals surface area contributed by atoms with E-state index in [0.717, 1.165) is 5.56 Å². The fraction of sp³-hybridized carbons (Fsp3) is 0.462. The average Bonchev–Trinajstić information content (AvgIpc) is 2.17. The van der Waals surface area contributed by atoms with Gasteiger partial charge in [-0.1, -0.05) is 18.2 Å². The summed E-state index contributed by atoms with van der Waals surface area (Å²) < 4.78 is 0. The topological polar surface area (TPSA) is 29.1 Å². The average molecular weight is 240 g/mol. The van der Waals surface area contributed by atoms with Gasteiger partial charge >= 0.3 is 0 Å². The molecule has 1 atom stereocenters. The lowest BCUT2D eigenvalue weighted by Gasteiger charge is -2.29. The van der Waals surface area contributed by atoms with Crippen LogP contribution in [0.2, 0.25) is 0 Å². The maximum Gasteiger partial charge on any atom is 0.252 e. The first-order valence-electron chi connectivity index (χ1n) is 5.37. The highest BCUT2D eigenvalue weighted by Crippen LogP contribution is 2.16. The van der Waals surface area contributed by atoms with Gasteiger partial charge in [0.15, 0.2) is 0 Å². The summed E-state index contributed by atoms with van der Waals surface area (Å²) in [6.07, 6.45) is 0. The zero-order chi connectivity index (χ0) is 12.3. The molecule has 0 saturated heterocycles. The monoisotopic (exact) mass is 239 g/mol. The van der Waals surface area contributed by atoms with E-state index in [-0.39, 0.29) is 11.3 Å². The smallest absolute Gasteiger partial charge is 0.252 e. The number of rotatable bonds is 3. The third-order valence-electron chi connectivity index (χ3n) is 2.82. The van der Waals surface area contributed by atoms with Gasteiger partial charge in [-0.2, -0.15) is 0 Å². The highest BCUT2D eigenvalue weighted by Gasteiger charge is 2.26. The Morgan fingerprint density at radius 1 is 1.38 bits per heavy atom. The van der Waals surface area contributed by atoms with E-state index in [0.29, 0.717) is 5.56 Å². The number of amides is 1. The predicted molar refractivity (Wildman–Crippen MR) is 68.0 cm³/mol. The van der Waals surface area contributed by atoms with E-state index < -0.39 is 5.54 Å². The summed E-state index contributed by atoms with van der Waals surface area (Å²) in [5.41, 5.74) is 1.26. The molecule has 1 unspecified atom stereocenters. The number of benzene rings is 1. The van der Waals surface area contributed by atoms with Crippen LogP contribution < -0.4 is 5.32 Å². The molecule has 1 rings (SSSR count). The van der Waals surface area contributed by atoms with Crippen LogP contribution in [0.15, 0.2) is 24.3 Å². The van der Waals surface area contributed by atoms with Crippen LogP contribution >= 0.6 is 11.6 Å². The summed E-state index contributed by atoms with van der Waals surface area (Å²) in [6.45, 7) is 7.63. The molecule has 1 aromatic carbocycles. The molecule has 0 aromatic heterocycles. The molecule has 0 aliphatic heterocycles. The molecule has 0 aliphatic carbocycles. The molecule has 1 N–H and O–H groups in total. The van der Waals surface area contributed by atoms with Gasteiger partial charge in [0.1, 0.15) is 0 Å². The Balaban J connectivity index is 2.85. The van der Waals surface area contributed by atoms with Crippen LogP contribution in [-0.2, 0) is 0 Å². The summed E-state index contributed by atoms with van der Waals surface area (Å²) >= 11 is 6.03. The molecule has 0 bridgehead atoms. The van der Waals surface area contributed by atoms with E-state index in [2.05, 4.69) is 5.32 Å². The van der Waals surface area contributed by atoms with E-state index in [4.69, 9.17) is 11.6 Å². The van der Waals surface area contributed by atoms with Crippen molar-refractivity contribution in [2.45, 2.75) is 38.6 Å². The summed E-state index contributed by atoms with van der Waals surface area (Å²) in [6, 6.07) is 7.52. The number of alkyl halides is 1. The largest absolute Gasteiger partial charge is 0.346 e. The number of hydrogen-bond acceptors (Lipinski definition) is 1. The van der Waals surface area contributed by atoms with E-state index in [1.54, 1.807) is 0 Å². The van der Waals surface area contributed by atoms with Gasteiger partial charge in [0.05, 0.1) is 10.9 Å². The number of carbonyl (C=O) groups excluding carboxylic acids is 1. The van der Waals surface area contributed by atoms with Crippen LogP contribution in [0.4, 0.5) is 0 Å². The number of hydrogen-bond donors (Lipinski definition) is 1. The summed E-state index contributed by atoms with van der Waals surface area (Å²) in [7, 11) is 0. The quantitative estimate of drug-likeness (QED) is 0.807. The SMILES string of the molecule is Cc1ccccc1C(=O)NC(C)(C)C(C)Cl. The molecule has 1 amide bonds. The van der Waals surface area contributed by atoms with Crippen molar-refractivity contribution in [3.63, 3.8) is 0 Å². The molecule has 1 aromatic rings. The van der Waals surface area contributed by atoms with Gasteiger partial charge in [-0.25, -0.2) is 0 Å². The van der Waals surface area contributed by atoms with Crippen LogP contribution in [0.1, 0.15) is 36.7 Å². The van der Waals surface area contributed by atoms with E-state index in [9.17, 15) is 4.79 Å². The fourth-order valence-corrected chi connectivity index (χ4v) is 1.34. The van der Waals surface area contributed by atoms with Crippen LogP contribution in [0.3, 0.4) is 0 Å². The normalized spacial score (nSPS) is 13.3. The Morgan fingerprint density at radius 2 is 1.94 bits per heavy atom. The molecule has 0 fully saturated rings. The first-order chi connectivity index (χ1) is 7.34. The van der Waals surface area contributed by atoms with Gasteiger partial charge in [0.25, 0.3) is 5.91 Å². The summed E-state index contributed by atoms with van der Waals surface area (Å²) in [4.78, 5) is 12.0. The second kappa shape index (κ2) is 4.88. The molecule has 0 radical (unpaired) electrons. The molecular formula is C13H18ClNO. The highest BCUT2D eigenvalue weighted by atomic mass is 35.5. The fourth-order valence-electron chi connectivity index (χ4n) is 1.29. The Bertz CT molecular complexity index is 385. The Labute approximate surface area is 102 Å². The molecule has 0 saturated carbocycles. The van der Waals surface area contributed by atoms with Crippen molar-refractivity contribution in [2.75, 3.05) is 0 Å². The van der Waals surface area contributed by atoms with Crippen molar-refractivity contribution in [3.05, 3.63) is 35.4 Å². The van der Waals surface area contributed by atoms with Gasteiger partial charge in [-0.15, -0.1) is 11.6 Å². The highest BCUT2D eigenvalue weighted by molar-refractivity contribution is 6.21. The van der Waals surface area contributed by atoms with Crippen LogP contribution in [0.5, 0.6) is 0 Å². The molecule has 3 heteroatoms. The van der Waals surface area contributed by atoms with Crippen molar-refractivity contribution in [1.82, 2.24) is 5.32 Å². The second-order valence-corrected chi connectivity index (χ2v) is 5.26. The molecule has 88 valence electrons. The third-order valence-corrected chi connectivity index (χ3v) is 3.37. The lowest BCUT2D eigenvalue weighted by molar-refractivity contribution is 0.0912. The standard InChI is InChI=1S/C13H18ClNO/c1-9-7-5-6-8-11(9)12(16)15-13(3,4)10(2)14/h5-8,10H,1-4H3,(H,15,16). The van der Waals surface area contributed by atoms with Crippen LogP contribution in [-0.4, -0.2) is 16.8 Å². The minimum atomic E-state index is -0.416. The maximum atomic E-state index is 12.0. The zero-order valence-corrected chi connectivity index (χ0v) is 10.9. The molecule has 0 heterocycles. The molecule has 16 heavy (non-hydrogen) atoms. The van der Waals surface area contributed by atoms with Gasteiger partial charge in [-0.05, 0) is 39.3 Å². The Morgan fingerprint density at radius 3 is 2.44 bits per heavy atom. The summed E-state index contributed by atoms with van der Waals surface area (Å²) in [5.74, 6) is -0.0735. The predicted octanol–water partition coefficient (Wildman–Crippen LogP) is 3.13. The van der Waals surface area contributed by atoms with Crippen molar-refractivity contribution in [3.8, 4) is 0 Å². The van der Waals surface area contributed by atoms with Crippen molar-refractivity contribution < 1.29 is 4.79 Å². The molecular weight excluding hydrogens is 222 g/mol. The maximum absolute atomic E-state index is 12.0. The van der Waals surface area contributed by atoms with Crippen molar-refractivity contribution in [2.24, 2.45) is 0 Å². The van der Waals surface area contributed by atoms with Crippen molar-refractivity contribution in [1.29, 1.82) is 0 Å². The minimum absolute atomic E-state index is 0.0735. The number of halogens is 1. The number of aryl methyl sites for hydroxylation is 1. The first kappa shape index (κ1) is 13.0. The molecule has 0 spiro atoms. The molecule has 0 aliphatic rings. The zero-order valence-electron chi connectivity index (χ0n) is 10.2. The van der Waals surface area contributed by atoms with Crippen molar-refractivity contribution >= 4 is 17.5 Å². The Hall–Kier alpha value is -1.02. The van der Waals surface area contributed by atoms with E-state index in [1.807, 2.05) is 52.0 Å². The lowest BCUT2D eigenvalue weighted by Crippen LogP contribution is -2.49. The lowest BCUT2D eigenvalue weighted by atomic mass is 10.00. The van der Waals surface area contributed by atoms with Gasteiger partial charge in [0.2, 0.25) is 0 Å². The van der Waals surface area contributed by atoms with Gasteiger partial charge in [-0.3, -0.25) is 4.79 Å². The number of carbonyl (C=O) groups is 1. The van der Waals surface area contributed by atoms with E-state index >= 15 is 0 Å². The van der Waals surface area contributed by atoms with Crippen LogP contribution in [0.25, 0.3) is 0 Å². The van der Waals surface area contributed by atoms with Gasteiger partial charge in [0, 0.05) is 5.56 Å². The molecule has 2 nitrogen and oxygen atoms in total. The first-order valence-corrected chi connectivity index (χ1v) is 5.80. The van der Waals surface area contributed by atoms with Gasteiger partial charge < -0.3 is 5.32 Å². The van der Waals surface area contributed by atoms with E-state index in [1.165, 1.54) is 0 Å². The Kier molecular flexibility index (Phi) is 3.98. The second-order valence-electron chi connectivity index (χ2n) is 4.61. The minimum Gasteiger partial charge on any atom is -0.346 e. The summed E-state index contributed by atoms with van der Waals surface area (Å²) in [5, 5.41) is 2.82. The van der Waals surface area contributed by atoms with Crippen LogP contribution in [0, 0.1) is 6.92 Å².